The fourth-order valence-electron chi connectivity index (χ4n) is 1.41. The molecular weight excluding hydrogens is 198 g/mol. The lowest BCUT2D eigenvalue weighted by Gasteiger charge is -2.16. The van der Waals surface area contributed by atoms with Crippen molar-refractivity contribution in [3.63, 3.8) is 0 Å². The molecule has 0 aliphatic rings. The number of hydrogen-bond donors (Lipinski definition) is 1. The molecule has 0 aliphatic heterocycles. The molecule has 0 bridgehead atoms. The fourth-order valence-corrected chi connectivity index (χ4v) is 1.41. The fraction of sp³-hybridized carbons (Fsp3) is 0.429. The molecule has 0 amide bonds. The highest BCUT2D eigenvalue weighted by Crippen LogP contribution is 2.24. The summed E-state index contributed by atoms with van der Waals surface area (Å²) in [5, 5.41) is 3.22. The molecule has 2 nitrogen and oxygen atoms in total. The van der Waals surface area contributed by atoms with Crippen LogP contribution in [0.25, 0.3) is 0 Å². The molecule has 2 heteroatoms. The highest BCUT2D eigenvalue weighted by atomic mass is 16.5. The van der Waals surface area contributed by atoms with E-state index in [1.54, 1.807) is 0 Å². The van der Waals surface area contributed by atoms with Crippen molar-refractivity contribution in [1.82, 2.24) is 5.32 Å². The molecule has 0 radical (unpaired) electrons. The van der Waals surface area contributed by atoms with Crippen LogP contribution in [-0.2, 0) is 0 Å². The standard InChI is InChI=1S/C14H21NO/c1-5-11(2)10-16-14-9-7-6-8-13(14)12(3)15-4/h6-9,12,15H,2,5,10H2,1,3-4H3. The molecule has 0 heterocycles. The Morgan fingerprint density at radius 3 is 2.75 bits per heavy atom. The van der Waals surface area contributed by atoms with Crippen molar-refractivity contribution < 1.29 is 4.74 Å². The lowest BCUT2D eigenvalue weighted by atomic mass is 10.1. The molecule has 1 aromatic rings. The summed E-state index contributed by atoms with van der Waals surface area (Å²) in [5.41, 5.74) is 2.31. The lowest BCUT2D eigenvalue weighted by molar-refractivity contribution is 0.342. The molecule has 1 rings (SSSR count). The summed E-state index contributed by atoms with van der Waals surface area (Å²) in [7, 11) is 1.95. The van der Waals surface area contributed by atoms with Crippen LogP contribution in [0.3, 0.4) is 0 Å². The first kappa shape index (κ1) is 12.8. The van der Waals surface area contributed by atoms with Crippen molar-refractivity contribution >= 4 is 0 Å². The van der Waals surface area contributed by atoms with Crippen molar-refractivity contribution in [3.8, 4) is 5.75 Å². The maximum Gasteiger partial charge on any atom is 0.124 e. The minimum Gasteiger partial charge on any atom is -0.489 e. The maximum atomic E-state index is 5.77. The van der Waals surface area contributed by atoms with E-state index >= 15 is 0 Å². The average Bonchev–Trinajstić information content (AvgIpc) is 2.35. The lowest BCUT2D eigenvalue weighted by Crippen LogP contribution is -2.14. The molecule has 1 N–H and O–H groups in total. The van der Waals surface area contributed by atoms with Crippen LogP contribution < -0.4 is 10.1 Å². The van der Waals surface area contributed by atoms with Crippen molar-refractivity contribution in [2.75, 3.05) is 13.7 Å². The van der Waals surface area contributed by atoms with Gasteiger partial charge in [0.2, 0.25) is 0 Å². The molecule has 0 aromatic heterocycles. The largest absolute Gasteiger partial charge is 0.489 e. The molecule has 1 atom stereocenters. The van der Waals surface area contributed by atoms with Gasteiger partial charge in [0.05, 0.1) is 0 Å². The predicted octanol–water partition coefficient (Wildman–Crippen LogP) is 3.31. The van der Waals surface area contributed by atoms with Crippen molar-refractivity contribution in [2.45, 2.75) is 26.3 Å². The van der Waals surface area contributed by atoms with Crippen LogP contribution in [0.2, 0.25) is 0 Å². The normalized spacial score (nSPS) is 12.2. The van der Waals surface area contributed by atoms with E-state index in [9.17, 15) is 0 Å². The number of para-hydroxylation sites is 1. The Bertz CT molecular complexity index is 346. The SMILES string of the molecule is C=C(CC)COc1ccccc1C(C)NC. The molecule has 16 heavy (non-hydrogen) atoms. The third kappa shape index (κ3) is 3.38. The summed E-state index contributed by atoms with van der Waals surface area (Å²) in [4.78, 5) is 0. The zero-order valence-electron chi connectivity index (χ0n) is 10.4. The van der Waals surface area contributed by atoms with Gasteiger partial charge in [-0.05, 0) is 32.0 Å². The summed E-state index contributed by atoms with van der Waals surface area (Å²) < 4.78 is 5.77. The minimum atomic E-state index is 0.297. The Morgan fingerprint density at radius 1 is 1.44 bits per heavy atom. The first-order valence-electron chi connectivity index (χ1n) is 5.74. The van der Waals surface area contributed by atoms with E-state index in [1.165, 1.54) is 5.56 Å². The topological polar surface area (TPSA) is 21.3 Å². The Hall–Kier alpha value is -1.28. The highest BCUT2D eigenvalue weighted by molar-refractivity contribution is 5.35. The van der Waals surface area contributed by atoms with Gasteiger partial charge in [-0.25, -0.2) is 0 Å². The summed E-state index contributed by atoms with van der Waals surface area (Å²) >= 11 is 0. The van der Waals surface area contributed by atoms with E-state index in [-0.39, 0.29) is 0 Å². The van der Waals surface area contributed by atoms with Crippen LogP contribution in [0.5, 0.6) is 5.75 Å². The van der Waals surface area contributed by atoms with Crippen LogP contribution in [-0.4, -0.2) is 13.7 Å². The first-order valence-corrected chi connectivity index (χ1v) is 5.74. The second-order valence-corrected chi connectivity index (χ2v) is 3.94. The maximum absolute atomic E-state index is 5.77. The molecule has 0 saturated carbocycles. The van der Waals surface area contributed by atoms with Gasteiger partial charge < -0.3 is 10.1 Å². The summed E-state index contributed by atoms with van der Waals surface area (Å²) in [6, 6.07) is 8.42. The van der Waals surface area contributed by atoms with Crippen molar-refractivity contribution in [1.29, 1.82) is 0 Å². The molecule has 0 saturated heterocycles. The van der Waals surface area contributed by atoms with E-state index in [0.717, 1.165) is 17.7 Å². The Balaban J connectivity index is 2.75. The third-order valence-electron chi connectivity index (χ3n) is 2.75. The van der Waals surface area contributed by atoms with Gasteiger partial charge >= 0.3 is 0 Å². The highest BCUT2D eigenvalue weighted by Gasteiger charge is 2.08. The molecule has 88 valence electrons. The zero-order chi connectivity index (χ0) is 12.0. The van der Waals surface area contributed by atoms with Crippen molar-refractivity contribution in [3.05, 3.63) is 42.0 Å². The van der Waals surface area contributed by atoms with E-state index in [1.807, 2.05) is 25.2 Å². The van der Waals surface area contributed by atoms with Crippen LogP contribution in [0.1, 0.15) is 31.9 Å². The van der Waals surface area contributed by atoms with E-state index in [4.69, 9.17) is 4.74 Å². The van der Waals surface area contributed by atoms with Gasteiger partial charge in [0.15, 0.2) is 0 Å². The van der Waals surface area contributed by atoms with Crippen LogP contribution >= 0.6 is 0 Å². The van der Waals surface area contributed by atoms with E-state index in [2.05, 4.69) is 31.8 Å². The molecular formula is C14H21NO. The third-order valence-corrected chi connectivity index (χ3v) is 2.75. The van der Waals surface area contributed by atoms with Gasteiger partial charge in [-0.1, -0.05) is 31.7 Å². The Labute approximate surface area is 98.3 Å². The monoisotopic (exact) mass is 219 g/mol. The number of hydrogen-bond acceptors (Lipinski definition) is 2. The van der Waals surface area contributed by atoms with Crippen LogP contribution in [0.15, 0.2) is 36.4 Å². The number of benzene rings is 1. The quantitative estimate of drug-likeness (QED) is 0.741. The molecule has 1 unspecified atom stereocenters. The second-order valence-electron chi connectivity index (χ2n) is 3.94. The molecule has 1 aromatic carbocycles. The van der Waals surface area contributed by atoms with Gasteiger partial charge in [-0.3, -0.25) is 0 Å². The van der Waals surface area contributed by atoms with Gasteiger partial charge in [0.25, 0.3) is 0 Å². The van der Waals surface area contributed by atoms with Gasteiger partial charge in [0, 0.05) is 11.6 Å². The molecule has 0 spiro atoms. The van der Waals surface area contributed by atoms with Crippen LogP contribution in [0, 0.1) is 0 Å². The van der Waals surface area contributed by atoms with Crippen molar-refractivity contribution in [2.24, 2.45) is 0 Å². The number of rotatable bonds is 6. The zero-order valence-corrected chi connectivity index (χ0v) is 10.4. The number of nitrogens with one attached hydrogen (secondary N) is 1. The minimum absolute atomic E-state index is 0.297. The Morgan fingerprint density at radius 2 is 2.12 bits per heavy atom. The van der Waals surface area contributed by atoms with Gasteiger partial charge in [-0.2, -0.15) is 0 Å². The van der Waals surface area contributed by atoms with E-state index in [0.29, 0.717) is 12.6 Å². The van der Waals surface area contributed by atoms with Gasteiger partial charge in [-0.15, -0.1) is 0 Å². The number of ether oxygens (including phenoxy) is 1. The van der Waals surface area contributed by atoms with Crippen LogP contribution in [0.4, 0.5) is 0 Å². The summed E-state index contributed by atoms with van der Waals surface area (Å²) in [6.45, 7) is 8.76. The second kappa shape index (κ2) is 6.33. The van der Waals surface area contributed by atoms with Gasteiger partial charge in [0.1, 0.15) is 12.4 Å². The molecule has 0 aliphatic carbocycles. The summed E-state index contributed by atoms with van der Waals surface area (Å²) in [6.07, 6.45) is 0.962. The smallest absolute Gasteiger partial charge is 0.124 e. The van der Waals surface area contributed by atoms with E-state index < -0.39 is 0 Å². The predicted molar refractivity (Wildman–Crippen MR) is 68.8 cm³/mol. The Kier molecular flexibility index (Phi) is 5.06. The summed E-state index contributed by atoms with van der Waals surface area (Å²) in [5.74, 6) is 0.943. The molecule has 0 fully saturated rings. The first-order chi connectivity index (χ1) is 7.69. The average molecular weight is 219 g/mol.